The molecule has 0 amide bonds. The quantitative estimate of drug-likeness (QED) is 0.642. The van der Waals surface area contributed by atoms with Crippen molar-refractivity contribution in [1.82, 2.24) is 5.32 Å². The van der Waals surface area contributed by atoms with Gasteiger partial charge in [0.1, 0.15) is 0 Å². The van der Waals surface area contributed by atoms with Gasteiger partial charge in [-0.15, -0.1) is 6.58 Å². The number of alkyl halides is 3. The van der Waals surface area contributed by atoms with E-state index in [1.807, 2.05) is 0 Å². The van der Waals surface area contributed by atoms with E-state index in [2.05, 4.69) is 11.9 Å². The molecular formula is C8H14F3N. The van der Waals surface area contributed by atoms with Crippen molar-refractivity contribution in [1.29, 1.82) is 0 Å². The molecule has 0 aliphatic heterocycles. The van der Waals surface area contributed by atoms with Crippen molar-refractivity contribution in [3.05, 3.63) is 12.7 Å². The Balaban J connectivity index is 3.74. The predicted molar refractivity (Wildman–Crippen MR) is 43.0 cm³/mol. The lowest BCUT2D eigenvalue weighted by Crippen LogP contribution is -2.30. The van der Waals surface area contributed by atoms with Crippen LogP contribution in [-0.4, -0.2) is 19.3 Å². The maximum atomic E-state index is 11.9. The molecule has 0 bridgehead atoms. The SMILES string of the molecule is C=CCCC(CC(F)(F)F)NC. The first-order valence-electron chi connectivity index (χ1n) is 3.84. The summed E-state index contributed by atoms with van der Waals surface area (Å²) in [4.78, 5) is 0. The van der Waals surface area contributed by atoms with Gasteiger partial charge < -0.3 is 5.32 Å². The number of halogens is 3. The molecule has 0 saturated carbocycles. The Morgan fingerprint density at radius 1 is 1.50 bits per heavy atom. The Morgan fingerprint density at radius 3 is 2.42 bits per heavy atom. The van der Waals surface area contributed by atoms with Gasteiger partial charge in [-0.2, -0.15) is 13.2 Å². The summed E-state index contributed by atoms with van der Waals surface area (Å²) in [5, 5.41) is 2.63. The van der Waals surface area contributed by atoms with Crippen LogP contribution >= 0.6 is 0 Å². The minimum Gasteiger partial charge on any atom is -0.317 e. The lowest BCUT2D eigenvalue weighted by atomic mass is 10.1. The third kappa shape index (κ3) is 6.22. The highest BCUT2D eigenvalue weighted by molar-refractivity contribution is 4.74. The maximum Gasteiger partial charge on any atom is 0.390 e. The zero-order chi connectivity index (χ0) is 9.61. The summed E-state index contributed by atoms with van der Waals surface area (Å²) in [6.07, 6.45) is -2.12. The fraction of sp³-hybridized carbons (Fsp3) is 0.750. The van der Waals surface area contributed by atoms with Crippen LogP contribution in [0.4, 0.5) is 13.2 Å². The average molecular weight is 181 g/mol. The van der Waals surface area contributed by atoms with E-state index in [0.29, 0.717) is 12.8 Å². The van der Waals surface area contributed by atoms with Crippen molar-refractivity contribution < 1.29 is 13.2 Å². The van der Waals surface area contributed by atoms with E-state index in [9.17, 15) is 13.2 Å². The van der Waals surface area contributed by atoms with E-state index in [4.69, 9.17) is 0 Å². The second kappa shape index (κ2) is 5.19. The second-order valence-electron chi connectivity index (χ2n) is 2.67. The largest absolute Gasteiger partial charge is 0.390 e. The molecule has 0 aromatic heterocycles. The Morgan fingerprint density at radius 2 is 2.08 bits per heavy atom. The molecule has 0 radical (unpaired) electrons. The third-order valence-electron chi connectivity index (χ3n) is 1.61. The Bertz CT molecular complexity index is 131. The topological polar surface area (TPSA) is 12.0 Å². The zero-order valence-electron chi connectivity index (χ0n) is 7.12. The highest BCUT2D eigenvalue weighted by Crippen LogP contribution is 2.23. The molecule has 0 aliphatic rings. The maximum absolute atomic E-state index is 11.9. The first-order chi connectivity index (χ1) is 5.49. The number of allylic oxidation sites excluding steroid dienone is 1. The van der Waals surface area contributed by atoms with E-state index in [0.717, 1.165) is 0 Å². The Hall–Kier alpha value is -0.510. The fourth-order valence-corrected chi connectivity index (χ4v) is 0.947. The monoisotopic (exact) mass is 181 g/mol. The number of hydrogen-bond acceptors (Lipinski definition) is 1. The Labute approximate surface area is 70.7 Å². The molecule has 0 heterocycles. The smallest absolute Gasteiger partial charge is 0.317 e. The highest BCUT2D eigenvalue weighted by Gasteiger charge is 2.30. The van der Waals surface area contributed by atoms with Gasteiger partial charge in [0.05, 0.1) is 6.42 Å². The second-order valence-corrected chi connectivity index (χ2v) is 2.67. The first-order valence-corrected chi connectivity index (χ1v) is 3.84. The Kier molecular flexibility index (Phi) is 4.97. The van der Waals surface area contributed by atoms with Crippen molar-refractivity contribution in [2.45, 2.75) is 31.5 Å². The van der Waals surface area contributed by atoms with Crippen molar-refractivity contribution >= 4 is 0 Å². The summed E-state index contributed by atoms with van der Waals surface area (Å²) in [5.74, 6) is 0. The molecule has 4 heteroatoms. The molecule has 1 unspecified atom stereocenters. The van der Waals surface area contributed by atoms with Gasteiger partial charge in [0.25, 0.3) is 0 Å². The first kappa shape index (κ1) is 11.5. The summed E-state index contributed by atoms with van der Waals surface area (Å²) >= 11 is 0. The highest BCUT2D eigenvalue weighted by atomic mass is 19.4. The lowest BCUT2D eigenvalue weighted by molar-refractivity contribution is -0.140. The van der Waals surface area contributed by atoms with Gasteiger partial charge in [-0.05, 0) is 19.9 Å². The van der Waals surface area contributed by atoms with Crippen molar-refractivity contribution in [3.8, 4) is 0 Å². The van der Waals surface area contributed by atoms with Crippen LogP contribution in [0.2, 0.25) is 0 Å². The molecule has 1 N–H and O–H groups in total. The normalized spacial score (nSPS) is 14.3. The minimum absolute atomic E-state index is 0.483. The van der Waals surface area contributed by atoms with Crippen molar-refractivity contribution in [2.75, 3.05) is 7.05 Å². The van der Waals surface area contributed by atoms with Crippen LogP contribution in [0.25, 0.3) is 0 Å². The summed E-state index contributed by atoms with van der Waals surface area (Å²) in [7, 11) is 1.54. The predicted octanol–water partition coefficient (Wildman–Crippen LogP) is 2.49. The van der Waals surface area contributed by atoms with Gasteiger partial charge in [0.15, 0.2) is 0 Å². The van der Waals surface area contributed by atoms with Crippen molar-refractivity contribution in [3.63, 3.8) is 0 Å². The summed E-state index contributed by atoms with van der Waals surface area (Å²) in [6, 6.07) is -0.483. The average Bonchev–Trinajstić information content (AvgIpc) is 1.95. The minimum atomic E-state index is -4.07. The van der Waals surface area contributed by atoms with Gasteiger partial charge >= 0.3 is 6.18 Å². The number of rotatable bonds is 5. The van der Waals surface area contributed by atoms with Crippen LogP contribution in [0.5, 0.6) is 0 Å². The van der Waals surface area contributed by atoms with E-state index in [1.54, 1.807) is 13.1 Å². The van der Waals surface area contributed by atoms with Crippen molar-refractivity contribution in [2.24, 2.45) is 0 Å². The zero-order valence-corrected chi connectivity index (χ0v) is 7.12. The standard InChI is InChI=1S/C8H14F3N/c1-3-4-5-7(12-2)6-8(9,10)11/h3,7,12H,1,4-6H2,2H3. The van der Waals surface area contributed by atoms with Crippen LogP contribution in [0.3, 0.4) is 0 Å². The summed E-state index contributed by atoms with van der Waals surface area (Å²) in [6.45, 7) is 3.45. The number of nitrogens with one attached hydrogen (secondary N) is 1. The third-order valence-corrected chi connectivity index (χ3v) is 1.61. The number of hydrogen-bond donors (Lipinski definition) is 1. The van der Waals surface area contributed by atoms with Crippen LogP contribution in [0, 0.1) is 0 Å². The molecule has 0 aromatic rings. The van der Waals surface area contributed by atoms with Gasteiger partial charge in [-0.1, -0.05) is 6.08 Å². The van der Waals surface area contributed by atoms with Gasteiger partial charge in [-0.3, -0.25) is 0 Å². The fourth-order valence-electron chi connectivity index (χ4n) is 0.947. The lowest BCUT2D eigenvalue weighted by Gasteiger charge is -2.16. The van der Waals surface area contributed by atoms with Gasteiger partial charge in [0, 0.05) is 6.04 Å². The molecule has 12 heavy (non-hydrogen) atoms. The molecular weight excluding hydrogens is 167 g/mol. The van der Waals surface area contributed by atoms with E-state index in [-0.39, 0.29) is 0 Å². The van der Waals surface area contributed by atoms with Gasteiger partial charge in [-0.25, -0.2) is 0 Å². The van der Waals surface area contributed by atoms with Crippen LogP contribution in [0.15, 0.2) is 12.7 Å². The molecule has 1 atom stereocenters. The van der Waals surface area contributed by atoms with Crippen LogP contribution in [-0.2, 0) is 0 Å². The molecule has 0 spiro atoms. The molecule has 0 fully saturated rings. The summed E-state index contributed by atoms with van der Waals surface area (Å²) < 4.78 is 35.6. The molecule has 0 aliphatic carbocycles. The van der Waals surface area contributed by atoms with Gasteiger partial charge in [0.2, 0.25) is 0 Å². The van der Waals surface area contributed by atoms with E-state index >= 15 is 0 Å². The molecule has 0 rings (SSSR count). The van der Waals surface area contributed by atoms with E-state index in [1.165, 1.54) is 0 Å². The van der Waals surface area contributed by atoms with Crippen LogP contribution in [0.1, 0.15) is 19.3 Å². The molecule has 72 valence electrons. The van der Waals surface area contributed by atoms with E-state index < -0.39 is 18.6 Å². The summed E-state index contributed by atoms with van der Waals surface area (Å²) in [5.41, 5.74) is 0. The molecule has 0 saturated heterocycles. The molecule has 1 nitrogen and oxygen atoms in total. The van der Waals surface area contributed by atoms with Crippen LogP contribution < -0.4 is 5.32 Å². The molecule has 0 aromatic carbocycles.